The van der Waals surface area contributed by atoms with Gasteiger partial charge in [-0.25, -0.2) is 0 Å². The second kappa shape index (κ2) is 3.86. The van der Waals surface area contributed by atoms with Crippen molar-refractivity contribution in [1.82, 2.24) is 0 Å². The Morgan fingerprint density at radius 1 is 1.07 bits per heavy atom. The van der Waals surface area contributed by atoms with Crippen molar-refractivity contribution in [3.8, 4) is 0 Å². The SMILES string of the molecule is NCC(=S)c1ccc2ccccc2c1. The third kappa shape index (κ3) is 1.67. The van der Waals surface area contributed by atoms with Crippen molar-refractivity contribution in [1.29, 1.82) is 0 Å². The summed E-state index contributed by atoms with van der Waals surface area (Å²) in [7, 11) is 0. The molecule has 0 saturated heterocycles. The molecular formula is C12H11NS. The van der Waals surface area contributed by atoms with Gasteiger partial charge in [-0.1, -0.05) is 48.6 Å². The number of hydrogen-bond acceptors (Lipinski definition) is 2. The van der Waals surface area contributed by atoms with Gasteiger partial charge in [0.05, 0.1) is 0 Å². The van der Waals surface area contributed by atoms with Crippen LogP contribution in [-0.2, 0) is 0 Å². The van der Waals surface area contributed by atoms with E-state index in [0.717, 1.165) is 10.4 Å². The van der Waals surface area contributed by atoms with E-state index in [9.17, 15) is 0 Å². The summed E-state index contributed by atoms with van der Waals surface area (Å²) >= 11 is 5.16. The molecule has 0 aliphatic heterocycles. The maximum Gasteiger partial charge on any atom is 0.0360 e. The van der Waals surface area contributed by atoms with E-state index in [1.807, 2.05) is 18.2 Å². The van der Waals surface area contributed by atoms with Gasteiger partial charge < -0.3 is 5.73 Å². The summed E-state index contributed by atoms with van der Waals surface area (Å²) in [5.74, 6) is 0. The minimum atomic E-state index is 0.438. The maximum absolute atomic E-state index is 5.51. The first-order chi connectivity index (χ1) is 6.81. The third-order valence-electron chi connectivity index (χ3n) is 2.26. The molecular weight excluding hydrogens is 190 g/mol. The number of fused-ring (bicyclic) bond motifs is 1. The quantitative estimate of drug-likeness (QED) is 0.597. The van der Waals surface area contributed by atoms with E-state index in [0.29, 0.717) is 6.54 Å². The Hall–Kier alpha value is -1.25. The van der Waals surface area contributed by atoms with Gasteiger partial charge in [0.2, 0.25) is 0 Å². The lowest BCUT2D eigenvalue weighted by molar-refractivity contribution is 1.33. The largest absolute Gasteiger partial charge is 0.326 e. The fourth-order valence-electron chi connectivity index (χ4n) is 1.48. The topological polar surface area (TPSA) is 26.0 Å². The number of thiocarbonyl (C=S) groups is 1. The number of nitrogens with two attached hydrogens (primary N) is 1. The molecule has 70 valence electrons. The molecule has 0 saturated carbocycles. The Morgan fingerprint density at radius 2 is 1.79 bits per heavy atom. The second-order valence-corrected chi connectivity index (χ2v) is 3.68. The van der Waals surface area contributed by atoms with Crippen molar-refractivity contribution in [2.45, 2.75) is 0 Å². The van der Waals surface area contributed by atoms with Crippen LogP contribution in [0.1, 0.15) is 5.56 Å². The van der Waals surface area contributed by atoms with E-state index in [2.05, 4.69) is 24.3 Å². The Morgan fingerprint density at radius 3 is 2.50 bits per heavy atom. The van der Waals surface area contributed by atoms with Gasteiger partial charge in [-0.15, -0.1) is 0 Å². The van der Waals surface area contributed by atoms with Crippen LogP contribution < -0.4 is 5.73 Å². The summed E-state index contributed by atoms with van der Waals surface area (Å²) in [4.78, 5) is 0.816. The van der Waals surface area contributed by atoms with Gasteiger partial charge in [-0.05, 0) is 22.4 Å². The van der Waals surface area contributed by atoms with E-state index >= 15 is 0 Å². The van der Waals surface area contributed by atoms with Crippen molar-refractivity contribution >= 4 is 27.9 Å². The predicted molar refractivity (Wildman–Crippen MR) is 64.7 cm³/mol. The summed E-state index contributed by atoms with van der Waals surface area (Å²) in [5, 5.41) is 2.44. The lowest BCUT2D eigenvalue weighted by atomic mass is 10.1. The van der Waals surface area contributed by atoms with Crippen LogP contribution in [0.25, 0.3) is 10.8 Å². The highest BCUT2D eigenvalue weighted by Crippen LogP contribution is 2.15. The van der Waals surface area contributed by atoms with Gasteiger partial charge in [-0.3, -0.25) is 0 Å². The van der Waals surface area contributed by atoms with E-state index < -0.39 is 0 Å². The fraction of sp³-hybridized carbons (Fsp3) is 0.0833. The summed E-state index contributed by atoms with van der Waals surface area (Å²) in [6.07, 6.45) is 0. The molecule has 2 heteroatoms. The zero-order valence-corrected chi connectivity index (χ0v) is 8.55. The molecule has 2 aromatic carbocycles. The van der Waals surface area contributed by atoms with E-state index in [1.165, 1.54) is 10.8 Å². The molecule has 1 nitrogen and oxygen atoms in total. The summed E-state index contributed by atoms with van der Waals surface area (Å²) in [6.45, 7) is 0.438. The molecule has 0 fully saturated rings. The number of rotatable bonds is 2. The number of hydrogen-bond donors (Lipinski definition) is 1. The lowest BCUT2D eigenvalue weighted by Gasteiger charge is -2.02. The van der Waals surface area contributed by atoms with Crippen LogP contribution in [0.4, 0.5) is 0 Å². The average Bonchev–Trinajstić information content (AvgIpc) is 2.27. The average molecular weight is 201 g/mol. The molecule has 0 aromatic heterocycles. The van der Waals surface area contributed by atoms with Gasteiger partial charge in [0.25, 0.3) is 0 Å². The fourth-order valence-corrected chi connectivity index (χ4v) is 1.61. The standard InChI is InChI=1S/C12H11NS/c13-8-12(14)11-6-5-9-3-1-2-4-10(9)7-11/h1-7H,8,13H2. The molecule has 14 heavy (non-hydrogen) atoms. The minimum Gasteiger partial charge on any atom is -0.326 e. The predicted octanol–water partition coefficient (Wildman–Crippen LogP) is 2.52. The maximum atomic E-state index is 5.51. The smallest absolute Gasteiger partial charge is 0.0360 e. The van der Waals surface area contributed by atoms with Crippen LogP contribution >= 0.6 is 12.2 Å². The molecule has 0 bridgehead atoms. The van der Waals surface area contributed by atoms with Gasteiger partial charge in [0.15, 0.2) is 0 Å². The van der Waals surface area contributed by atoms with Crippen LogP contribution in [-0.4, -0.2) is 11.4 Å². The molecule has 0 unspecified atom stereocenters. The highest BCUT2D eigenvalue weighted by molar-refractivity contribution is 7.80. The zero-order chi connectivity index (χ0) is 9.97. The molecule has 0 amide bonds. The van der Waals surface area contributed by atoms with Crippen molar-refractivity contribution in [3.63, 3.8) is 0 Å². The first-order valence-electron chi connectivity index (χ1n) is 4.53. The van der Waals surface area contributed by atoms with Crippen molar-refractivity contribution in [2.75, 3.05) is 6.54 Å². The molecule has 0 radical (unpaired) electrons. The molecule has 0 aliphatic carbocycles. The van der Waals surface area contributed by atoms with Crippen molar-refractivity contribution in [3.05, 3.63) is 48.0 Å². The third-order valence-corrected chi connectivity index (χ3v) is 2.66. The van der Waals surface area contributed by atoms with Crippen LogP contribution in [0, 0.1) is 0 Å². The normalized spacial score (nSPS) is 10.4. The second-order valence-electron chi connectivity index (χ2n) is 3.19. The molecule has 2 N–H and O–H groups in total. The zero-order valence-electron chi connectivity index (χ0n) is 7.73. The first-order valence-corrected chi connectivity index (χ1v) is 4.94. The first kappa shape index (κ1) is 9.31. The molecule has 0 heterocycles. The van der Waals surface area contributed by atoms with Crippen LogP contribution in [0.2, 0.25) is 0 Å². The molecule has 2 rings (SSSR count). The van der Waals surface area contributed by atoms with Gasteiger partial charge in [0.1, 0.15) is 0 Å². The number of benzene rings is 2. The Kier molecular flexibility index (Phi) is 2.57. The Bertz CT molecular complexity index is 476. The van der Waals surface area contributed by atoms with Gasteiger partial charge >= 0.3 is 0 Å². The Balaban J connectivity index is 2.56. The van der Waals surface area contributed by atoms with Gasteiger partial charge in [0, 0.05) is 11.4 Å². The van der Waals surface area contributed by atoms with E-state index in [-0.39, 0.29) is 0 Å². The molecule has 0 atom stereocenters. The van der Waals surface area contributed by atoms with Crippen LogP contribution in [0.15, 0.2) is 42.5 Å². The van der Waals surface area contributed by atoms with Crippen molar-refractivity contribution < 1.29 is 0 Å². The van der Waals surface area contributed by atoms with E-state index in [4.69, 9.17) is 18.0 Å². The highest BCUT2D eigenvalue weighted by atomic mass is 32.1. The van der Waals surface area contributed by atoms with Crippen LogP contribution in [0.3, 0.4) is 0 Å². The van der Waals surface area contributed by atoms with Crippen LogP contribution in [0.5, 0.6) is 0 Å². The Labute approximate surface area is 88.5 Å². The summed E-state index contributed by atoms with van der Waals surface area (Å²) in [6, 6.07) is 14.4. The van der Waals surface area contributed by atoms with Gasteiger partial charge in [-0.2, -0.15) is 0 Å². The molecule has 2 aromatic rings. The summed E-state index contributed by atoms with van der Waals surface area (Å²) in [5.41, 5.74) is 6.56. The molecule has 0 spiro atoms. The monoisotopic (exact) mass is 201 g/mol. The highest BCUT2D eigenvalue weighted by Gasteiger charge is 1.99. The van der Waals surface area contributed by atoms with E-state index in [1.54, 1.807) is 0 Å². The van der Waals surface area contributed by atoms with Crippen molar-refractivity contribution in [2.24, 2.45) is 5.73 Å². The minimum absolute atomic E-state index is 0.438. The molecule has 0 aliphatic rings. The summed E-state index contributed by atoms with van der Waals surface area (Å²) < 4.78 is 0. The lowest BCUT2D eigenvalue weighted by Crippen LogP contribution is -2.11.